The predicted octanol–water partition coefficient (Wildman–Crippen LogP) is 2.33. The minimum absolute atomic E-state index is 0.0297. The Hall–Kier alpha value is -1.57. The summed E-state index contributed by atoms with van der Waals surface area (Å²) in [6.45, 7) is 0.501. The maximum atomic E-state index is 13.7. The molecule has 0 atom stereocenters. The van der Waals surface area contributed by atoms with E-state index in [2.05, 4.69) is 15.0 Å². The Labute approximate surface area is 121 Å². The smallest absolute Gasteiger partial charge is 0.263 e. The van der Waals surface area contributed by atoms with Crippen LogP contribution in [0.4, 0.5) is 10.1 Å². The Morgan fingerprint density at radius 2 is 2.15 bits per heavy atom. The average molecular weight is 318 g/mol. The number of anilines is 1. The van der Waals surface area contributed by atoms with E-state index in [1.54, 1.807) is 7.05 Å². The van der Waals surface area contributed by atoms with Gasteiger partial charge in [0, 0.05) is 18.4 Å². The number of H-pyrrole nitrogens is 1. The fourth-order valence-corrected chi connectivity index (χ4v) is 2.90. The van der Waals surface area contributed by atoms with E-state index in [0.29, 0.717) is 12.2 Å². The van der Waals surface area contributed by atoms with Crippen LogP contribution < -0.4 is 10.0 Å². The highest BCUT2D eigenvalue weighted by Gasteiger charge is 2.18. The molecule has 1 heterocycles. The van der Waals surface area contributed by atoms with Crippen molar-refractivity contribution in [1.29, 1.82) is 0 Å². The van der Waals surface area contributed by atoms with E-state index in [-0.39, 0.29) is 15.6 Å². The van der Waals surface area contributed by atoms with Gasteiger partial charge < -0.3 is 10.3 Å². The van der Waals surface area contributed by atoms with Gasteiger partial charge in [-0.05, 0) is 25.2 Å². The number of aromatic amines is 1. The second kappa shape index (κ2) is 5.82. The zero-order chi connectivity index (χ0) is 14.8. The van der Waals surface area contributed by atoms with Crippen molar-refractivity contribution in [3.8, 4) is 0 Å². The van der Waals surface area contributed by atoms with Crippen LogP contribution in [0, 0.1) is 5.82 Å². The number of halogens is 2. The van der Waals surface area contributed by atoms with E-state index in [1.807, 2.05) is 0 Å². The topological polar surface area (TPSA) is 74.0 Å². The molecule has 108 valence electrons. The van der Waals surface area contributed by atoms with E-state index in [4.69, 9.17) is 11.6 Å². The van der Waals surface area contributed by atoms with Crippen molar-refractivity contribution in [3.63, 3.8) is 0 Å². The Morgan fingerprint density at radius 1 is 1.40 bits per heavy atom. The lowest BCUT2D eigenvalue weighted by Crippen LogP contribution is -2.13. The van der Waals surface area contributed by atoms with E-state index >= 15 is 0 Å². The number of aromatic nitrogens is 1. The van der Waals surface area contributed by atoms with E-state index < -0.39 is 15.8 Å². The first-order valence-corrected chi connectivity index (χ1v) is 7.59. The van der Waals surface area contributed by atoms with Gasteiger partial charge in [0.15, 0.2) is 5.82 Å². The Bertz CT molecular complexity index is 715. The largest absolute Gasteiger partial charge is 0.363 e. The monoisotopic (exact) mass is 317 g/mol. The predicted molar refractivity (Wildman–Crippen MR) is 75.8 cm³/mol. The van der Waals surface area contributed by atoms with Gasteiger partial charge in [-0.3, -0.25) is 4.72 Å². The van der Waals surface area contributed by atoms with Crippen LogP contribution in [0.5, 0.6) is 0 Å². The van der Waals surface area contributed by atoms with Gasteiger partial charge in [0.05, 0.1) is 10.7 Å². The zero-order valence-corrected chi connectivity index (χ0v) is 12.1. The van der Waals surface area contributed by atoms with Crippen molar-refractivity contribution in [3.05, 3.63) is 47.0 Å². The summed E-state index contributed by atoms with van der Waals surface area (Å²) in [4.78, 5) is 2.85. The van der Waals surface area contributed by atoms with Gasteiger partial charge in [-0.15, -0.1) is 0 Å². The lowest BCUT2D eigenvalue weighted by atomic mass is 10.3. The molecule has 1 aromatic carbocycles. The van der Waals surface area contributed by atoms with Gasteiger partial charge in [0.1, 0.15) is 4.90 Å². The van der Waals surface area contributed by atoms with Gasteiger partial charge >= 0.3 is 0 Å². The minimum Gasteiger partial charge on any atom is -0.363 e. The molecule has 5 nitrogen and oxygen atoms in total. The van der Waals surface area contributed by atoms with Crippen LogP contribution in [-0.4, -0.2) is 20.4 Å². The van der Waals surface area contributed by atoms with Crippen LogP contribution in [0.15, 0.2) is 35.4 Å². The molecular weight excluding hydrogens is 305 g/mol. The molecule has 0 unspecified atom stereocenters. The molecule has 0 radical (unpaired) electrons. The normalized spacial score (nSPS) is 11.6. The molecule has 0 aliphatic carbocycles. The van der Waals surface area contributed by atoms with Crippen molar-refractivity contribution in [2.75, 3.05) is 11.8 Å². The Morgan fingerprint density at radius 3 is 2.85 bits per heavy atom. The lowest BCUT2D eigenvalue weighted by Gasteiger charge is -2.08. The third-order valence-electron chi connectivity index (χ3n) is 2.59. The number of sulfonamides is 1. The quantitative estimate of drug-likeness (QED) is 0.792. The van der Waals surface area contributed by atoms with Crippen molar-refractivity contribution in [2.45, 2.75) is 11.4 Å². The van der Waals surface area contributed by atoms with Gasteiger partial charge in [-0.1, -0.05) is 17.7 Å². The molecule has 20 heavy (non-hydrogen) atoms. The molecule has 0 spiro atoms. The molecule has 0 aliphatic heterocycles. The number of hydrogen-bond donors (Lipinski definition) is 3. The first-order valence-electron chi connectivity index (χ1n) is 5.73. The molecule has 3 N–H and O–H groups in total. The fourth-order valence-electron chi connectivity index (χ4n) is 1.65. The Balaban J connectivity index is 2.28. The average Bonchev–Trinajstić information content (AvgIpc) is 2.85. The van der Waals surface area contributed by atoms with Crippen molar-refractivity contribution in [1.82, 2.24) is 10.3 Å². The van der Waals surface area contributed by atoms with Crippen molar-refractivity contribution >= 4 is 27.3 Å². The van der Waals surface area contributed by atoms with E-state index in [1.165, 1.54) is 30.5 Å². The molecule has 0 amide bonds. The molecule has 2 aromatic rings. The van der Waals surface area contributed by atoms with E-state index in [9.17, 15) is 12.8 Å². The van der Waals surface area contributed by atoms with Crippen LogP contribution in [0.1, 0.15) is 5.69 Å². The highest BCUT2D eigenvalue weighted by molar-refractivity contribution is 7.92. The van der Waals surface area contributed by atoms with Crippen LogP contribution in [0.2, 0.25) is 5.02 Å². The van der Waals surface area contributed by atoms with Crippen LogP contribution in [0.25, 0.3) is 0 Å². The SMILES string of the molecule is CNCc1cc(S(=O)(=O)Nc2cccc(Cl)c2F)c[nH]1. The first kappa shape index (κ1) is 14.8. The third kappa shape index (κ3) is 3.12. The maximum Gasteiger partial charge on any atom is 0.263 e. The van der Waals surface area contributed by atoms with Gasteiger partial charge in [0.25, 0.3) is 10.0 Å². The highest BCUT2D eigenvalue weighted by atomic mass is 35.5. The fraction of sp³-hybridized carbons (Fsp3) is 0.167. The summed E-state index contributed by atoms with van der Waals surface area (Å²) in [6.07, 6.45) is 1.34. The molecule has 0 saturated carbocycles. The van der Waals surface area contributed by atoms with Crippen LogP contribution in [-0.2, 0) is 16.6 Å². The molecule has 0 fully saturated rings. The van der Waals surface area contributed by atoms with Crippen molar-refractivity contribution in [2.24, 2.45) is 0 Å². The lowest BCUT2D eigenvalue weighted by molar-refractivity contribution is 0.598. The summed E-state index contributed by atoms with van der Waals surface area (Å²) < 4.78 is 40.1. The summed E-state index contributed by atoms with van der Waals surface area (Å²) in [5.74, 6) is -0.802. The minimum atomic E-state index is -3.86. The van der Waals surface area contributed by atoms with E-state index in [0.717, 1.165) is 0 Å². The Kier molecular flexibility index (Phi) is 4.32. The molecule has 0 bridgehead atoms. The summed E-state index contributed by atoms with van der Waals surface area (Å²) in [5.41, 5.74) is 0.522. The summed E-state index contributed by atoms with van der Waals surface area (Å²) in [6, 6.07) is 5.59. The third-order valence-corrected chi connectivity index (χ3v) is 4.23. The molecule has 1 aromatic heterocycles. The van der Waals surface area contributed by atoms with Gasteiger partial charge in [-0.25, -0.2) is 12.8 Å². The van der Waals surface area contributed by atoms with Gasteiger partial charge in [0.2, 0.25) is 0 Å². The number of nitrogens with one attached hydrogen (secondary N) is 3. The summed E-state index contributed by atoms with van der Waals surface area (Å²) in [5, 5.41) is 2.75. The molecule has 0 aliphatic rings. The number of hydrogen-bond acceptors (Lipinski definition) is 3. The first-order chi connectivity index (χ1) is 9.44. The highest BCUT2D eigenvalue weighted by Crippen LogP contribution is 2.24. The summed E-state index contributed by atoms with van der Waals surface area (Å²) in [7, 11) is -2.11. The standard InChI is InChI=1S/C12H13ClFN3O2S/c1-15-6-8-5-9(7-16-8)20(18,19)17-11-4-2-3-10(13)12(11)14/h2-5,7,15-17H,6H2,1H3. The van der Waals surface area contributed by atoms with Crippen LogP contribution >= 0.6 is 11.6 Å². The number of benzene rings is 1. The zero-order valence-electron chi connectivity index (χ0n) is 10.6. The molecule has 8 heteroatoms. The maximum absolute atomic E-state index is 13.7. The number of rotatable bonds is 5. The summed E-state index contributed by atoms with van der Waals surface area (Å²) >= 11 is 5.61. The van der Waals surface area contributed by atoms with Crippen molar-refractivity contribution < 1.29 is 12.8 Å². The molecule has 2 rings (SSSR count). The second-order valence-electron chi connectivity index (χ2n) is 4.10. The van der Waals surface area contributed by atoms with Crippen LogP contribution in [0.3, 0.4) is 0 Å². The second-order valence-corrected chi connectivity index (χ2v) is 6.19. The molecular formula is C12H13ClFN3O2S. The van der Waals surface area contributed by atoms with Gasteiger partial charge in [-0.2, -0.15) is 0 Å². The molecule has 0 saturated heterocycles.